The first-order valence-corrected chi connectivity index (χ1v) is 19.4. The molecule has 60 heavy (non-hydrogen) atoms. The van der Waals surface area contributed by atoms with Crippen LogP contribution in [0.3, 0.4) is 0 Å². The lowest BCUT2D eigenvalue weighted by atomic mass is 10.1. The SMILES string of the molecule is Cl.Cl.Cl.Cl.Cl.Cl.N=C(N)NCCCCCCC(=O)NC(O)C(=O)NCCCCNCCCN.N=C(N)NCCCCCCC(=O)NC(O)C(=O)NCCCCNCCCN. The molecule has 0 aliphatic heterocycles. The van der Waals surface area contributed by atoms with Gasteiger partial charge in [0.1, 0.15) is 0 Å². The number of carbonyl (C=O) groups is 4. The lowest BCUT2D eigenvalue weighted by molar-refractivity contribution is -0.136. The molecule has 2 unspecified atom stereocenters. The second-order valence-corrected chi connectivity index (χ2v) is 12.7. The molecule has 0 saturated heterocycles. The van der Waals surface area contributed by atoms with Gasteiger partial charge in [-0.15, -0.1) is 74.4 Å². The number of nitrogens with two attached hydrogens (primary N) is 4. The number of nitrogens with one attached hydrogen (secondary N) is 10. The van der Waals surface area contributed by atoms with E-state index >= 15 is 0 Å². The fourth-order valence-corrected chi connectivity index (χ4v) is 4.63. The van der Waals surface area contributed by atoms with Crippen LogP contribution in [0, 0.1) is 10.8 Å². The monoisotopic (exact) mass is 990 g/mol. The molecule has 0 spiro atoms. The first-order chi connectivity index (χ1) is 25.9. The minimum atomic E-state index is -1.51. The third kappa shape index (κ3) is 58.0. The maximum Gasteiger partial charge on any atom is 0.269 e. The topological polar surface area (TPSA) is 357 Å². The Hall–Kier alpha value is -2.08. The van der Waals surface area contributed by atoms with Gasteiger partial charge < -0.3 is 75.7 Å². The molecule has 0 radical (unpaired) electrons. The Morgan fingerprint density at radius 1 is 0.417 bits per heavy atom. The van der Waals surface area contributed by atoms with Crippen LogP contribution in [0.4, 0.5) is 0 Å². The van der Waals surface area contributed by atoms with E-state index in [1.807, 2.05) is 0 Å². The predicted octanol–water partition coefficient (Wildman–Crippen LogP) is -0.0905. The highest BCUT2D eigenvalue weighted by molar-refractivity contribution is 5.87. The standard InChI is InChI=1S/2C17H37N7O3.6ClH/c2*18-9-7-11-21-10-5-6-12-22-15(26)16(27)24-14(25)8-3-1-2-4-13-23-17(19)20;;;;;;/h2*16,21,27H,1-13,18H2,(H,22,26)(H,24,25)(H4,19,20,23);6*1H. The lowest BCUT2D eigenvalue weighted by Gasteiger charge is -2.13. The average Bonchev–Trinajstić information content (AvgIpc) is 3.12. The zero-order valence-electron chi connectivity index (χ0n) is 34.8. The van der Waals surface area contributed by atoms with E-state index in [2.05, 4.69) is 42.5 Å². The van der Waals surface area contributed by atoms with Gasteiger partial charge in [-0.1, -0.05) is 25.7 Å². The molecule has 364 valence electrons. The van der Waals surface area contributed by atoms with Crippen LogP contribution in [-0.4, -0.2) is 124 Å². The summed E-state index contributed by atoms with van der Waals surface area (Å²) in [4.78, 5) is 46.9. The third-order valence-corrected chi connectivity index (χ3v) is 7.66. The summed E-state index contributed by atoms with van der Waals surface area (Å²) >= 11 is 0. The molecule has 20 nitrogen and oxygen atoms in total. The summed E-state index contributed by atoms with van der Waals surface area (Å²) in [6, 6.07) is 0. The highest BCUT2D eigenvalue weighted by Crippen LogP contribution is 2.03. The lowest BCUT2D eigenvalue weighted by Crippen LogP contribution is -2.46. The zero-order valence-corrected chi connectivity index (χ0v) is 39.7. The maximum atomic E-state index is 11.7. The van der Waals surface area contributed by atoms with Crippen molar-refractivity contribution in [2.45, 2.75) is 115 Å². The average molecular weight is 994 g/mol. The van der Waals surface area contributed by atoms with Crippen molar-refractivity contribution in [2.24, 2.45) is 22.9 Å². The van der Waals surface area contributed by atoms with E-state index in [-0.39, 0.29) is 111 Å². The first kappa shape index (κ1) is 75.3. The molecule has 0 aliphatic rings. The molecule has 20 N–H and O–H groups in total. The van der Waals surface area contributed by atoms with Gasteiger partial charge in [-0.2, -0.15) is 0 Å². The number of hydrogen-bond acceptors (Lipinski definition) is 12. The van der Waals surface area contributed by atoms with E-state index in [0.29, 0.717) is 52.1 Å². The van der Waals surface area contributed by atoms with Crippen LogP contribution < -0.4 is 65.5 Å². The second kappa shape index (κ2) is 56.9. The van der Waals surface area contributed by atoms with Gasteiger partial charge in [0.2, 0.25) is 24.3 Å². The van der Waals surface area contributed by atoms with E-state index in [4.69, 9.17) is 33.8 Å². The minimum Gasteiger partial charge on any atom is -0.370 e. The Morgan fingerprint density at radius 2 is 0.683 bits per heavy atom. The number of aliphatic hydroxyl groups excluding tert-OH is 2. The number of unbranched alkanes of at least 4 members (excludes halogenated alkanes) is 8. The summed E-state index contributed by atoms with van der Waals surface area (Å²) < 4.78 is 0. The fourth-order valence-electron chi connectivity index (χ4n) is 4.63. The van der Waals surface area contributed by atoms with Crippen molar-refractivity contribution >= 4 is 110 Å². The normalized spacial score (nSPS) is 10.5. The number of halogens is 6. The molecule has 0 aromatic carbocycles. The van der Waals surface area contributed by atoms with Gasteiger partial charge in [-0.25, -0.2) is 0 Å². The smallest absolute Gasteiger partial charge is 0.269 e. The van der Waals surface area contributed by atoms with Crippen LogP contribution >= 0.6 is 74.4 Å². The Morgan fingerprint density at radius 3 is 1.00 bits per heavy atom. The van der Waals surface area contributed by atoms with Gasteiger partial charge in [0.15, 0.2) is 11.9 Å². The van der Waals surface area contributed by atoms with Crippen molar-refractivity contribution < 1.29 is 29.4 Å². The van der Waals surface area contributed by atoms with E-state index in [1.54, 1.807) is 0 Å². The molecule has 0 saturated carbocycles. The van der Waals surface area contributed by atoms with Gasteiger partial charge in [-0.3, -0.25) is 30.0 Å². The van der Waals surface area contributed by atoms with E-state index in [1.165, 1.54) is 0 Å². The summed E-state index contributed by atoms with van der Waals surface area (Å²) in [6.07, 6.45) is 9.43. The molecule has 0 rings (SSSR count). The molecule has 2 atom stereocenters. The number of rotatable bonds is 34. The minimum absolute atomic E-state index is 0. The quantitative estimate of drug-likeness (QED) is 0.0174. The van der Waals surface area contributed by atoms with E-state index in [0.717, 1.165) is 103 Å². The third-order valence-electron chi connectivity index (χ3n) is 7.66. The van der Waals surface area contributed by atoms with Crippen LogP contribution in [0.2, 0.25) is 0 Å². The van der Waals surface area contributed by atoms with Gasteiger partial charge >= 0.3 is 0 Å². The van der Waals surface area contributed by atoms with Crippen LogP contribution in [0.1, 0.15) is 103 Å². The molecule has 0 aromatic rings. The largest absolute Gasteiger partial charge is 0.370 e. The van der Waals surface area contributed by atoms with Crippen LogP contribution in [-0.2, 0) is 19.2 Å². The van der Waals surface area contributed by atoms with Crippen molar-refractivity contribution in [3.05, 3.63) is 0 Å². The Bertz CT molecular complexity index is 947. The number of amides is 4. The summed E-state index contributed by atoms with van der Waals surface area (Å²) in [5.74, 6) is -1.95. The van der Waals surface area contributed by atoms with Crippen LogP contribution in [0.25, 0.3) is 0 Å². The second-order valence-electron chi connectivity index (χ2n) is 12.7. The van der Waals surface area contributed by atoms with Gasteiger partial charge in [0, 0.05) is 39.0 Å². The molecule has 26 heteroatoms. The summed E-state index contributed by atoms with van der Waals surface area (Å²) in [7, 11) is 0. The number of aliphatic hydroxyl groups is 2. The Balaban J connectivity index is -0.000000137. The Labute approximate surface area is 394 Å². The number of carbonyl (C=O) groups excluding carboxylic acids is 4. The van der Waals surface area contributed by atoms with Gasteiger partial charge in [0.25, 0.3) is 11.8 Å². The molecule has 0 aromatic heterocycles. The van der Waals surface area contributed by atoms with Crippen molar-refractivity contribution in [3.63, 3.8) is 0 Å². The summed E-state index contributed by atoms with van der Waals surface area (Å²) in [5.41, 5.74) is 21.1. The van der Waals surface area contributed by atoms with Crippen LogP contribution in [0.5, 0.6) is 0 Å². The van der Waals surface area contributed by atoms with Crippen molar-refractivity contribution in [1.29, 1.82) is 10.8 Å². The zero-order chi connectivity index (χ0) is 40.7. The number of hydrogen-bond donors (Lipinski definition) is 16. The van der Waals surface area contributed by atoms with Crippen molar-refractivity contribution in [1.82, 2.24) is 42.5 Å². The van der Waals surface area contributed by atoms with E-state index in [9.17, 15) is 29.4 Å². The van der Waals surface area contributed by atoms with Crippen molar-refractivity contribution in [3.8, 4) is 0 Å². The number of guanidine groups is 2. The summed E-state index contributed by atoms with van der Waals surface area (Å²) in [6.45, 7) is 7.05. The highest BCUT2D eigenvalue weighted by atomic mass is 35.5. The molecule has 0 fully saturated rings. The van der Waals surface area contributed by atoms with Gasteiger partial charge in [-0.05, 0) is 103 Å². The highest BCUT2D eigenvalue weighted by Gasteiger charge is 2.17. The Kier molecular flexibility index (Phi) is 71.4. The maximum absolute atomic E-state index is 11.7. The first-order valence-electron chi connectivity index (χ1n) is 19.4. The molecule has 4 amide bonds. The van der Waals surface area contributed by atoms with E-state index < -0.39 is 24.3 Å². The fraction of sp³-hybridized carbons (Fsp3) is 0.824. The molecular formula is C34H80Cl6N14O6. The summed E-state index contributed by atoms with van der Waals surface area (Å²) in [5, 5.41) is 55.2. The molecular weight excluding hydrogens is 913 g/mol. The molecule has 0 bridgehead atoms. The molecule has 0 heterocycles. The van der Waals surface area contributed by atoms with Crippen LogP contribution in [0.15, 0.2) is 0 Å². The van der Waals surface area contributed by atoms with Crippen molar-refractivity contribution in [2.75, 3.05) is 65.4 Å². The molecule has 0 aliphatic carbocycles. The van der Waals surface area contributed by atoms with Gasteiger partial charge in [0.05, 0.1) is 0 Å². The predicted molar refractivity (Wildman–Crippen MR) is 255 cm³/mol.